The summed E-state index contributed by atoms with van der Waals surface area (Å²) in [6, 6.07) is 7.24. The minimum absolute atomic E-state index is 0.0424. The van der Waals surface area contributed by atoms with Crippen LogP contribution in [-0.2, 0) is 16.0 Å². The number of aliphatic hydroxyl groups excluding tert-OH is 1. The number of likely N-dealkylation sites (N-methyl/N-ethyl adjacent to an activating group) is 1. The van der Waals surface area contributed by atoms with Crippen molar-refractivity contribution in [2.24, 2.45) is 5.92 Å². The van der Waals surface area contributed by atoms with E-state index in [1.54, 1.807) is 16.8 Å². The molecule has 0 radical (unpaired) electrons. The molecule has 2 amide bonds. The molecular formula is C19H26N2O3. The van der Waals surface area contributed by atoms with Crippen LogP contribution in [0.3, 0.4) is 0 Å². The Morgan fingerprint density at radius 3 is 2.67 bits per heavy atom. The summed E-state index contributed by atoms with van der Waals surface area (Å²) in [5.41, 5.74) is 1.88. The summed E-state index contributed by atoms with van der Waals surface area (Å²) in [7, 11) is 1.78. The van der Waals surface area contributed by atoms with Gasteiger partial charge in [0.05, 0.1) is 6.10 Å². The Labute approximate surface area is 143 Å². The molecule has 1 aromatic carbocycles. The van der Waals surface area contributed by atoms with Gasteiger partial charge in [0.2, 0.25) is 11.8 Å². The fourth-order valence-corrected chi connectivity index (χ4v) is 4.07. The summed E-state index contributed by atoms with van der Waals surface area (Å²) in [6.07, 6.45) is 4.19. The number of aliphatic hydroxyl groups is 1. The van der Waals surface area contributed by atoms with Crippen molar-refractivity contribution < 1.29 is 14.7 Å². The van der Waals surface area contributed by atoms with Gasteiger partial charge in [-0.3, -0.25) is 14.5 Å². The average Bonchev–Trinajstić information content (AvgIpc) is 2.95. The first kappa shape index (κ1) is 17.0. The second kappa shape index (κ2) is 6.93. The highest BCUT2D eigenvalue weighted by Crippen LogP contribution is 2.33. The molecule has 0 aromatic heterocycles. The van der Waals surface area contributed by atoms with E-state index in [0.717, 1.165) is 36.9 Å². The Balaban J connectivity index is 1.73. The second-order valence-electron chi connectivity index (χ2n) is 7.07. The van der Waals surface area contributed by atoms with Crippen molar-refractivity contribution in [3.63, 3.8) is 0 Å². The molecule has 0 bridgehead atoms. The molecule has 1 aliphatic heterocycles. The summed E-state index contributed by atoms with van der Waals surface area (Å²) in [6.45, 7) is 2.06. The highest BCUT2D eigenvalue weighted by molar-refractivity contribution is 6.02. The number of carbonyl (C=O) groups excluding carboxylic acids is 2. The summed E-state index contributed by atoms with van der Waals surface area (Å²) < 4.78 is 0. The van der Waals surface area contributed by atoms with Gasteiger partial charge in [0.15, 0.2) is 0 Å². The standard InChI is InChI=1S/C19H26N2O3/c1-13(22)21-16-9-5-3-7-14(16)11-17(21)19(24)20(2)12-15-8-4-6-10-18(15)23/h3,5,7,9,15,17-18,23H,4,6,8,10-12H2,1-2H3/t15?,17-,18?/m0/s1. The number of para-hydroxylation sites is 1. The van der Waals surface area contributed by atoms with E-state index in [1.165, 1.54) is 6.92 Å². The van der Waals surface area contributed by atoms with Crippen LogP contribution >= 0.6 is 0 Å². The summed E-state index contributed by atoms with van der Waals surface area (Å²) in [5, 5.41) is 10.1. The van der Waals surface area contributed by atoms with Crippen LogP contribution in [-0.4, -0.2) is 47.6 Å². The van der Waals surface area contributed by atoms with Crippen LogP contribution in [0.2, 0.25) is 0 Å². The van der Waals surface area contributed by atoms with Crippen molar-refractivity contribution in [3.8, 4) is 0 Å². The highest BCUT2D eigenvalue weighted by Gasteiger charge is 2.38. The second-order valence-corrected chi connectivity index (χ2v) is 7.07. The molecule has 1 saturated carbocycles. The van der Waals surface area contributed by atoms with Crippen molar-refractivity contribution in [2.45, 2.75) is 51.2 Å². The van der Waals surface area contributed by atoms with Crippen molar-refractivity contribution in [2.75, 3.05) is 18.5 Å². The van der Waals surface area contributed by atoms with Gasteiger partial charge in [-0.15, -0.1) is 0 Å². The number of nitrogens with zero attached hydrogens (tertiary/aromatic N) is 2. The van der Waals surface area contributed by atoms with Gasteiger partial charge in [-0.2, -0.15) is 0 Å². The first-order valence-corrected chi connectivity index (χ1v) is 8.79. The van der Waals surface area contributed by atoms with Gasteiger partial charge >= 0.3 is 0 Å². The summed E-state index contributed by atoms with van der Waals surface area (Å²) in [5.74, 6) is -0.00849. The van der Waals surface area contributed by atoms with Gasteiger partial charge in [-0.25, -0.2) is 0 Å². The molecule has 0 spiro atoms. The minimum Gasteiger partial charge on any atom is -0.393 e. The fraction of sp³-hybridized carbons (Fsp3) is 0.579. The zero-order chi connectivity index (χ0) is 17.3. The lowest BCUT2D eigenvalue weighted by Crippen LogP contribution is -2.49. The zero-order valence-electron chi connectivity index (χ0n) is 14.4. The van der Waals surface area contributed by atoms with Crippen LogP contribution in [0.5, 0.6) is 0 Å². The number of carbonyl (C=O) groups is 2. The smallest absolute Gasteiger partial charge is 0.245 e. The monoisotopic (exact) mass is 330 g/mol. The molecule has 5 heteroatoms. The molecule has 2 aliphatic rings. The minimum atomic E-state index is -0.467. The van der Waals surface area contributed by atoms with Crippen LogP contribution in [0.4, 0.5) is 5.69 Å². The van der Waals surface area contributed by atoms with E-state index in [1.807, 2.05) is 24.3 Å². The van der Waals surface area contributed by atoms with E-state index in [-0.39, 0.29) is 23.8 Å². The molecule has 24 heavy (non-hydrogen) atoms. The number of fused-ring (bicyclic) bond motifs is 1. The van der Waals surface area contributed by atoms with Gasteiger partial charge in [0, 0.05) is 38.5 Å². The Hall–Kier alpha value is -1.88. The van der Waals surface area contributed by atoms with E-state index < -0.39 is 6.04 Å². The number of benzene rings is 1. The van der Waals surface area contributed by atoms with Gasteiger partial charge in [-0.1, -0.05) is 31.0 Å². The Morgan fingerprint density at radius 2 is 1.96 bits per heavy atom. The lowest BCUT2D eigenvalue weighted by atomic mass is 9.86. The molecule has 1 aromatic rings. The molecule has 130 valence electrons. The predicted octanol–water partition coefficient (Wildman–Crippen LogP) is 1.97. The van der Waals surface area contributed by atoms with E-state index in [9.17, 15) is 14.7 Å². The molecule has 1 fully saturated rings. The van der Waals surface area contributed by atoms with Gasteiger partial charge in [-0.05, 0) is 24.5 Å². The van der Waals surface area contributed by atoms with Crippen molar-refractivity contribution >= 4 is 17.5 Å². The Kier molecular flexibility index (Phi) is 4.90. The lowest BCUT2D eigenvalue weighted by molar-refractivity contribution is -0.134. The maximum atomic E-state index is 13.0. The predicted molar refractivity (Wildman–Crippen MR) is 92.7 cm³/mol. The Bertz CT molecular complexity index is 631. The SMILES string of the molecule is CC(=O)N1c2ccccc2C[C@H]1C(=O)N(C)CC1CCCCC1O. The van der Waals surface area contributed by atoms with Gasteiger partial charge in [0.1, 0.15) is 6.04 Å². The fourth-order valence-electron chi connectivity index (χ4n) is 4.07. The summed E-state index contributed by atoms with van der Waals surface area (Å²) >= 11 is 0. The van der Waals surface area contributed by atoms with E-state index in [2.05, 4.69) is 0 Å². The topological polar surface area (TPSA) is 60.9 Å². The van der Waals surface area contributed by atoms with Gasteiger partial charge < -0.3 is 10.0 Å². The number of anilines is 1. The largest absolute Gasteiger partial charge is 0.393 e. The van der Waals surface area contributed by atoms with Crippen molar-refractivity contribution in [1.29, 1.82) is 0 Å². The molecule has 1 heterocycles. The number of hydrogen-bond acceptors (Lipinski definition) is 3. The summed E-state index contributed by atoms with van der Waals surface area (Å²) in [4.78, 5) is 28.4. The highest BCUT2D eigenvalue weighted by atomic mass is 16.3. The molecule has 5 nitrogen and oxygen atoms in total. The third kappa shape index (κ3) is 3.18. The normalized spacial score (nSPS) is 26.1. The van der Waals surface area contributed by atoms with Crippen LogP contribution in [0, 0.1) is 5.92 Å². The number of rotatable bonds is 3. The molecule has 3 rings (SSSR count). The molecular weight excluding hydrogens is 304 g/mol. The van der Waals surface area contributed by atoms with E-state index >= 15 is 0 Å². The Morgan fingerprint density at radius 1 is 1.25 bits per heavy atom. The van der Waals surface area contributed by atoms with Crippen LogP contribution < -0.4 is 4.90 Å². The quantitative estimate of drug-likeness (QED) is 0.922. The molecule has 1 N–H and O–H groups in total. The van der Waals surface area contributed by atoms with E-state index in [4.69, 9.17) is 0 Å². The first-order chi connectivity index (χ1) is 11.5. The van der Waals surface area contributed by atoms with Crippen LogP contribution in [0.15, 0.2) is 24.3 Å². The van der Waals surface area contributed by atoms with E-state index in [0.29, 0.717) is 13.0 Å². The third-order valence-corrected chi connectivity index (χ3v) is 5.35. The first-order valence-electron chi connectivity index (χ1n) is 8.79. The van der Waals surface area contributed by atoms with Crippen LogP contribution in [0.1, 0.15) is 38.2 Å². The maximum Gasteiger partial charge on any atom is 0.245 e. The maximum absolute atomic E-state index is 13.0. The van der Waals surface area contributed by atoms with Gasteiger partial charge in [0.25, 0.3) is 0 Å². The average molecular weight is 330 g/mol. The number of amides is 2. The van der Waals surface area contributed by atoms with Crippen LogP contribution in [0.25, 0.3) is 0 Å². The molecule has 3 atom stereocenters. The molecule has 0 saturated heterocycles. The molecule has 2 unspecified atom stereocenters. The third-order valence-electron chi connectivity index (χ3n) is 5.35. The number of hydrogen-bond donors (Lipinski definition) is 1. The van der Waals surface area contributed by atoms with Crippen molar-refractivity contribution in [3.05, 3.63) is 29.8 Å². The zero-order valence-corrected chi connectivity index (χ0v) is 14.4. The van der Waals surface area contributed by atoms with Crippen molar-refractivity contribution in [1.82, 2.24) is 4.90 Å². The lowest BCUT2D eigenvalue weighted by Gasteiger charge is -2.33. The molecule has 1 aliphatic carbocycles.